The van der Waals surface area contributed by atoms with Crippen LogP contribution < -0.4 is 10.9 Å². The number of furan rings is 1. The van der Waals surface area contributed by atoms with Gasteiger partial charge in [0.05, 0.1) is 0 Å². The average Bonchev–Trinajstić information content (AvgIpc) is 3.10. The molecule has 6 heteroatoms. The molecular weight excluding hydrogens is 406 g/mol. The molecule has 0 radical (unpaired) electrons. The summed E-state index contributed by atoms with van der Waals surface area (Å²) in [7, 11) is 1.63. The zero-order chi connectivity index (χ0) is 22.7. The second-order valence-corrected chi connectivity index (χ2v) is 7.93. The van der Waals surface area contributed by atoms with Gasteiger partial charge in [0.2, 0.25) is 5.91 Å². The van der Waals surface area contributed by atoms with Crippen LogP contribution in [0.5, 0.6) is 0 Å². The third kappa shape index (κ3) is 4.32. The smallest absolute Gasteiger partial charge is 0.339 e. The van der Waals surface area contributed by atoms with Crippen LogP contribution in [0.1, 0.15) is 29.7 Å². The van der Waals surface area contributed by atoms with Crippen LogP contribution in [0, 0.1) is 13.8 Å². The molecule has 1 amide bonds. The van der Waals surface area contributed by atoms with Crippen molar-refractivity contribution in [2.75, 3.05) is 20.3 Å². The third-order valence-electron chi connectivity index (χ3n) is 5.78. The number of aryl methyl sites for hydroxylation is 2. The highest BCUT2D eigenvalue weighted by atomic mass is 16.5. The van der Waals surface area contributed by atoms with E-state index in [0.717, 1.165) is 39.6 Å². The summed E-state index contributed by atoms with van der Waals surface area (Å²) in [6.45, 7) is 5.00. The number of nitrogens with one attached hydrogen (secondary N) is 1. The minimum Gasteiger partial charge on any atom is -0.461 e. The van der Waals surface area contributed by atoms with E-state index >= 15 is 0 Å². The molecule has 0 aliphatic carbocycles. The minimum absolute atomic E-state index is 0.0905. The lowest BCUT2D eigenvalue weighted by molar-refractivity contribution is -0.121. The van der Waals surface area contributed by atoms with Crippen LogP contribution in [0.25, 0.3) is 33.1 Å². The molecule has 0 fully saturated rings. The first-order chi connectivity index (χ1) is 15.5. The quantitative estimate of drug-likeness (QED) is 0.315. The minimum atomic E-state index is -0.409. The average molecular weight is 434 g/mol. The summed E-state index contributed by atoms with van der Waals surface area (Å²) < 4.78 is 16.6. The zero-order valence-electron chi connectivity index (χ0n) is 18.6. The van der Waals surface area contributed by atoms with Gasteiger partial charge in [0.15, 0.2) is 0 Å². The molecule has 0 unspecified atom stereocenters. The molecule has 0 saturated heterocycles. The standard InChI is InChI=1S/C26H27NO5/c1-16-19(10-11-24(28)27-12-7-13-30-3)26(29)32-22-15-23-21(14-20(16)22)25(17(2)31-23)18-8-5-4-6-9-18/h4-6,8-9,14-15H,7,10-13H2,1-3H3,(H,27,28). The van der Waals surface area contributed by atoms with Crippen LogP contribution in [0.15, 0.2) is 56.1 Å². The second kappa shape index (κ2) is 9.40. The van der Waals surface area contributed by atoms with Gasteiger partial charge in [-0.1, -0.05) is 30.3 Å². The number of carbonyl (C=O) groups is 1. The van der Waals surface area contributed by atoms with E-state index in [0.29, 0.717) is 36.3 Å². The van der Waals surface area contributed by atoms with Gasteiger partial charge in [0.25, 0.3) is 0 Å². The van der Waals surface area contributed by atoms with Crippen LogP contribution in [0.3, 0.4) is 0 Å². The molecule has 4 rings (SSSR count). The van der Waals surface area contributed by atoms with Gasteiger partial charge in [-0.25, -0.2) is 4.79 Å². The Balaban J connectivity index is 1.68. The molecule has 0 aliphatic heterocycles. The summed E-state index contributed by atoms with van der Waals surface area (Å²) in [5.41, 5.74) is 4.23. The number of carbonyl (C=O) groups excluding carboxylic acids is 1. The normalized spacial score (nSPS) is 11.3. The van der Waals surface area contributed by atoms with Crippen LogP contribution >= 0.6 is 0 Å². The van der Waals surface area contributed by atoms with Gasteiger partial charge >= 0.3 is 5.63 Å². The lowest BCUT2D eigenvalue weighted by atomic mass is 9.98. The SMILES string of the molecule is COCCCNC(=O)CCc1c(C)c2cc3c(-c4ccccc4)c(C)oc3cc2oc1=O. The Morgan fingerprint density at radius 1 is 1.03 bits per heavy atom. The van der Waals surface area contributed by atoms with E-state index < -0.39 is 5.63 Å². The maximum atomic E-state index is 12.6. The Bertz CT molecular complexity index is 1320. The molecule has 6 nitrogen and oxygen atoms in total. The van der Waals surface area contributed by atoms with Crippen LogP contribution in [-0.2, 0) is 16.0 Å². The highest BCUT2D eigenvalue weighted by Gasteiger charge is 2.18. The lowest BCUT2D eigenvalue weighted by Gasteiger charge is -2.09. The summed E-state index contributed by atoms with van der Waals surface area (Å²) in [5, 5.41) is 4.68. The zero-order valence-corrected chi connectivity index (χ0v) is 18.6. The van der Waals surface area contributed by atoms with Crippen LogP contribution in [0.2, 0.25) is 0 Å². The first-order valence-electron chi connectivity index (χ1n) is 10.8. The molecule has 1 N–H and O–H groups in total. The van der Waals surface area contributed by atoms with Gasteiger partial charge in [-0.15, -0.1) is 0 Å². The van der Waals surface area contributed by atoms with Crippen molar-refractivity contribution in [3.63, 3.8) is 0 Å². The van der Waals surface area contributed by atoms with E-state index in [4.69, 9.17) is 13.6 Å². The van der Waals surface area contributed by atoms with Gasteiger partial charge in [-0.3, -0.25) is 4.79 Å². The van der Waals surface area contributed by atoms with Gasteiger partial charge in [-0.2, -0.15) is 0 Å². The van der Waals surface area contributed by atoms with E-state index in [2.05, 4.69) is 17.4 Å². The van der Waals surface area contributed by atoms with Gasteiger partial charge in [0, 0.05) is 54.6 Å². The summed E-state index contributed by atoms with van der Waals surface area (Å²) in [5.74, 6) is 0.721. The lowest BCUT2D eigenvalue weighted by Crippen LogP contribution is -2.26. The molecule has 4 aromatic rings. The number of rotatable bonds is 8. The summed E-state index contributed by atoms with van der Waals surface area (Å²) in [6, 6.07) is 13.9. The number of ether oxygens (including phenoxy) is 1. The Kier molecular flexibility index (Phi) is 6.42. The molecule has 166 valence electrons. The first kappa shape index (κ1) is 21.8. The van der Waals surface area contributed by atoms with Gasteiger partial charge < -0.3 is 18.9 Å². The van der Waals surface area contributed by atoms with E-state index in [9.17, 15) is 9.59 Å². The van der Waals surface area contributed by atoms with Crippen molar-refractivity contribution in [3.05, 3.63) is 69.8 Å². The highest BCUT2D eigenvalue weighted by Crippen LogP contribution is 2.37. The van der Waals surface area contributed by atoms with Crippen molar-refractivity contribution in [3.8, 4) is 11.1 Å². The Labute approximate surface area is 186 Å². The van der Waals surface area contributed by atoms with Crippen molar-refractivity contribution in [2.24, 2.45) is 0 Å². The van der Waals surface area contributed by atoms with E-state index in [1.54, 1.807) is 13.2 Å². The molecule has 2 aromatic heterocycles. The fourth-order valence-corrected chi connectivity index (χ4v) is 4.13. The largest absolute Gasteiger partial charge is 0.461 e. The highest BCUT2D eigenvalue weighted by molar-refractivity contribution is 6.03. The fraction of sp³-hybridized carbons (Fsp3) is 0.308. The molecule has 0 atom stereocenters. The number of amides is 1. The molecule has 2 heterocycles. The number of hydrogen-bond acceptors (Lipinski definition) is 5. The molecule has 32 heavy (non-hydrogen) atoms. The number of benzene rings is 2. The second-order valence-electron chi connectivity index (χ2n) is 7.93. The monoisotopic (exact) mass is 433 g/mol. The summed E-state index contributed by atoms with van der Waals surface area (Å²) >= 11 is 0. The van der Waals surface area contributed by atoms with Gasteiger partial charge in [0.1, 0.15) is 16.9 Å². The Morgan fingerprint density at radius 3 is 2.53 bits per heavy atom. The van der Waals surface area contributed by atoms with Crippen LogP contribution in [0.4, 0.5) is 0 Å². The van der Waals surface area contributed by atoms with E-state index in [1.807, 2.05) is 38.1 Å². The number of hydrogen-bond donors (Lipinski definition) is 1. The Morgan fingerprint density at radius 2 is 1.78 bits per heavy atom. The van der Waals surface area contributed by atoms with E-state index in [-0.39, 0.29) is 12.3 Å². The number of methoxy groups -OCH3 is 1. The molecule has 0 spiro atoms. The molecule has 0 bridgehead atoms. The Hall–Kier alpha value is -3.38. The van der Waals surface area contributed by atoms with Crippen molar-refractivity contribution >= 4 is 27.8 Å². The molecule has 0 aliphatic rings. The van der Waals surface area contributed by atoms with Gasteiger partial charge in [-0.05, 0) is 43.9 Å². The van der Waals surface area contributed by atoms with Crippen LogP contribution in [-0.4, -0.2) is 26.2 Å². The fourth-order valence-electron chi connectivity index (χ4n) is 4.13. The summed E-state index contributed by atoms with van der Waals surface area (Å²) in [4.78, 5) is 24.8. The van der Waals surface area contributed by atoms with Crippen molar-refractivity contribution in [1.29, 1.82) is 0 Å². The van der Waals surface area contributed by atoms with Crippen molar-refractivity contribution < 1.29 is 18.4 Å². The predicted molar refractivity (Wildman–Crippen MR) is 125 cm³/mol. The molecule has 2 aromatic carbocycles. The van der Waals surface area contributed by atoms with Crippen molar-refractivity contribution in [2.45, 2.75) is 33.1 Å². The van der Waals surface area contributed by atoms with E-state index in [1.165, 1.54) is 0 Å². The molecular formula is C26H27NO5. The predicted octanol–water partition coefficient (Wildman–Crippen LogP) is 4.91. The number of fused-ring (bicyclic) bond motifs is 2. The maximum Gasteiger partial charge on any atom is 0.339 e. The maximum absolute atomic E-state index is 12.6. The topological polar surface area (TPSA) is 81.7 Å². The first-order valence-corrected chi connectivity index (χ1v) is 10.8. The summed E-state index contributed by atoms with van der Waals surface area (Å²) in [6.07, 6.45) is 1.31. The van der Waals surface area contributed by atoms with Crippen molar-refractivity contribution in [1.82, 2.24) is 5.32 Å². The third-order valence-corrected chi connectivity index (χ3v) is 5.78. The molecule has 0 saturated carbocycles.